The van der Waals surface area contributed by atoms with Gasteiger partial charge in [-0.3, -0.25) is 0 Å². The highest BCUT2D eigenvalue weighted by Crippen LogP contribution is 2.31. The average molecular weight is 329 g/mol. The number of unbranched alkanes of at least 4 members (excludes halogenated alkanes) is 1. The van der Waals surface area contributed by atoms with Gasteiger partial charge in [0.15, 0.2) is 0 Å². The molecule has 0 saturated heterocycles. The van der Waals surface area contributed by atoms with E-state index < -0.39 is 0 Å². The Labute approximate surface area is 139 Å². The Morgan fingerprint density at radius 2 is 2.00 bits per heavy atom. The van der Waals surface area contributed by atoms with Crippen LogP contribution in [0, 0.1) is 0 Å². The molecule has 0 bridgehead atoms. The molecule has 0 amide bonds. The van der Waals surface area contributed by atoms with Gasteiger partial charge in [-0.05, 0) is 24.6 Å². The van der Waals surface area contributed by atoms with Crippen LogP contribution in [0.4, 0.5) is 0 Å². The summed E-state index contributed by atoms with van der Waals surface area (Å²) in [5.41, 5.74) is 2.43. The van der Waals surface area contributed by atoms with E-state index in [4.69, 9.17) is 16.3 Å². The van der Waals surface area contributed by atoms with E-state index in [9.17, 15) is 4.79 Å². The van der Waals surface area contributed by atoms with E-state index in [1.165, 1.54) is 0 Å². The number of ether oxygens (including phenoxy) is 1. The molecular formula is C18H17ClN2O2. The summed E-state index contributed by atoms with van der Waals surface area (Å²) < 4.78 is 7.08. The summed E-state index contributed by atoms with van der Waals surface area (Å²) in [6.07, 6.45) is 3.62. The number of aromatic nitrogens is 2. The number of fused-ring (bicyclic) bond motifs is 1. The minimum absolute atomic E-state index is 0.366. The molecule has 0 aliphatic rings. The Hall–Kier alpha value is -2.33. The molecule has 1 aromatic carbocycles. The maximum atomic E-state index is 12.6. The Morgan fingerprint density at radius 1 is 1.22 bits per heavy atom. The number of rotatable bonds is 5. The lowest BCUT2D eigenvalue weighted by atomic mass is 10.1. The van der Waals surface area contributed by atoms with Gasteiger partial charge in [0.2, 0.25) is 0 Å². The highest BCUT2D eigenvalue weighted by atomic mass is 35.5. The predicted octanol–water partition coefficient (Wildman–Crippen LogP) is 4.61. The monoisotopic (exact) mass is 328 g/mol. The smallest absolute Gasteiger partial charge is 0.342 e. The molecule has 118 valence electrons. The van der Waals surface area contributed by atoms with Gasteiger partial charge in [-0.15, -0.1) is 0 Å². The molecule has 3 rings (SSSR count). The normalized spacial score (nSPS) is 10.9. The molecule has 0 aliphatic heterocycles. The van der Waals surface area contributed by atoms with Gasteiger partial charge >= 0.3 is 5.97 Å². The molecule has 2 heterocycles. The number of nitrogens with zero attached hydrogens (tertiary/aromatic N) is 2. The molecule has 0 unspecified atom stereocenters. The van der Waals surface area contributed by atoms with Crippen molar-refractivity contribution in [3.8, 4) is 11.3 Å². The first kappa shape index (κ1) is 15.6. The second-order valence-electron chi connectivity index (χ2n) is 5.22. The summed E-state index contributed by atoms with van der Waals surface area (Å²) >= 11 is 6.29. The van der Waals surface area contributed by atoms with Gasteiger partial charge in [0.05, 0.1) is 17.1 Å². The van der Waals surface area contributed by atoms with E-state index in [-0.39, 0.29) is 5.97 Å². The Balaban J connectivity index is 2.12. The molecule has 3 aromatic rings. The summed E-state index contributed by atoms with van der Waals surface area (Å²) in [6, 6.07) is 12.9. The van der Waals surface area contributed by atoms with Gasteiger partial charge in [0.25, 0.3) is 0 Å². The molecule has 5 heteroatoms. The standard InChI is InChI=1S/C18H17ClN2O2/c1-2-3-12-23-18(22)16-15-10-6-7-11-21(15)20-17(16)13-8-4-5-9-14(13)19/h4-11H,2-3,12H2,1H3. The van der Waals surface area contributed by atoms with Crippen LogP contribution in [-0.4, -0.2) is 22.2 Å². The van der Waals surface area contributed by atoms with Crippen LogP contribution in [0.3, 0.4) is 0 Å². The van der Waals surface area contributed by atoms with E-state index in [1.54, 1.807) is 16.8 Å². The van der Waals surface area contributed by atoms with Crippen molar-refractivity contribution in [2.45, 2.75) is 19.8 Å². The largest absolute Gasteiger partial charge is 0.462 e. The van der Waals surface area contributed by atoms with Crippen molar-refractivity contribution in [1.82, 2.24) is 9.61 Å². The summed E-state index contributed by atoms with van der Waals surface area (Å²) in [5.74, 6) is -0.366. The third kappa shape index (κ3) is 3.08. The van der Waals surface area contributed by atoms with Crippen molar-refractivity contribution in [3.63, 3.8) is 0 Å². The van der Waals surface area contributed by atoms with Gasteiger partial charge < -0.3 is 4.74 Å². The van der Waals surface area contributed by atoms with E-state index in [2.05, 4.69) is 12.0 Å². The molecule has 2 aromatic heterocycles. The maximum absolute atomic E-state index is 12.6. The number of pyridine rings is 1. The van der Waals surface area contributed by atoms with Gasteiger partial charge in [0, 0.05) is 11.8 Å². The average Bonchev–Trinajstić information content (AvgIpc) is 2.94. The lowest BCUT2D eigenvalue weighted by Crippen LogP contribution is -2.07. The first-order chi connectivity index (χ1) is 11.2. The summed E-state index contributed by atoms with van der Waals surface area (Å²) in [4.78, 5) is 12.6. The third-order valence-electron chi connectivity index (χ3n) is 3.60. The first-order valence-corrected chi connectivity index (χ1v) is 7.99. The van der Waals surface area contributed by atoms with Crippen LogP contribution >= 0.6 is 11.6 Å². The van der Waals surface area contributed by atoms with Crippen molar-refractivity contribution in [3.05, 3.63) is 59.2 Å². The predicted molar refractivity (Wildman–Crippen MR) is 90.8 cm³/mol. The molecule has 0 radical (unpaired) electrons. The van der Waals surface area contributed by atoms with Crippen LogP contribution in [0.5, 0.6) is 0 Å². The highest BCUT2D eigenvalue weighted by molar-refractivity contribution is 6.33. The third-order valence-corrected chi connectivity index (χ3v) is 3.93. The minimum atomic E-state index is -0.366. The number of benzene rings is 1. The van der Waals surface area contributed by atoms with Crippen molar-refractivity contribution in [2.75, 3.05) is 6.61 Å². The van der Waals surface area contributed by atoms with Gasteiger partial charge in [-0.1, -0.05) is 49.2 Å². The topological polar surface area (TPSA) is 43.6 Å². The van der Waals surface area contributed by atoms with Gasteiger partial charge in [-0.2, -0.15) is 5.10 Å². The molecular weight excluding hydrogens is 312 g/mol. The lowest BCUT2D eigenvalue weighted by Gasteiger charge is -2.06. The maximum Gasteiger partial charge on any atom is 0.342 e. The van der Waals surface area contributed by atoms with Crippen LogP contribution in [0.15, 0.2) is 48.7 Å². The number of esters is 1. The minimum Gasteiger partial charge on any atom is -0.462 e. The van der Waals surface area contributed by atoms with E-state index in [0.717, 1.165) is 18.4 Å². The first-order valence-electron chi connectivity index (χ1n) is 7.61. The van der Waals surface area contributed by atoms with E-state index in [0.29, 0.717) is 28.4 Å². The number of hydrogen-bond acceptors (Lipinski definition) is 3. The van der Waals surface area contributed by atoms with Crippen LogP contribution < -0.4 is 0 Å². The van der Waals surface area contributed by atoms with Crippen LogP contribution in [0.1, 0.15) is 30.1 Å². The second kappa shape index (κ2) is 6.84. The van der Waals surface area contributed by atoms with Crippen molar-refractivity contribution in [1.29, 1.82) is 0 Å². The van der Waals surface area contributed by atoms with E-state index >= 15 is 0 Å². The molecule has 0 aliphatic carbocycles. The Kier molecular flexibility index (Phi) is 4.63. The van der Waals surface area contributed by atoms with Crippen molar-refractivity contribution >= 4 is 23.1 Å². The van der Waals surface area contributed by atoms with Crippen LogP contribution in [-0.2, 0) is 4.74 Å². The molecule has 23 heavy (non-hydrogen) atoms. The van der Waals surface area contributed by atoms with Crippen LogP contribution in [0.25, 0.3) is 16.8 Å². The fourth-order valence-corrected chi connectivity index (χ4v) is 2.65. The fourth-order valence-electron chi connectivity index (χ4n) is 2.42. The molecule has 0 fully saturated rings. The van der Waals surface area contributed by atoms with E-state index in [1.807, 2.05) is 36.4 Å². The quantitative estimate of drug-likeness (QED) is 0.507. The Bertz CT molecular complexity index is 842. The Morgan fingerprint density at radius 3 is 2.78 bits per heavy atom. The lowest BCUT2D eigenvalue weighted by molar-refractivity contribution is 0.0503. The molecule has 0 atom stereocenters. The zero-order valence-electron chi connectivity index (χ0n) is 12.8. The number of carbonyl (C=O) groups excluding carboxylic acids is 1. The SMILES string of the molecule is CCCCOC(=O)c1c(-c2ccccc2Cl)nn2ccccc12. The summed E-state index contributed by atoms with van der Waals surface area (Å²) in [6.45, 7) is 2.46. The molecule has 0 spiro atoms. The summed E-state index contributed by atoms with van der Waals surface area (Å²) in [5, 5.41) is 5.08. The number of hydrogen-bond donors (Lipinski definition) is 0. The number of halogens is 1. The van der Waals surface area contributed by atoms with Gasteiger partial charge in [-0.25, -0.2) is 9.31 Å². The molecule has 4 nitrogen and oxygen atoms in total. The van der Waals surface area contributed by atoms with Crippen molar-refractivity contribution in [2.24, 2.45) is 0 Å². The second-order valence-corrected chi connectivity index (χ2v) is 5.63. The van der Waals surface area contributed by atoms with Crippen molar-refractivity contribution < 1.29 is 9.53 Å². The van der Waals surface area contributed by atoms with Crippen LogP contribution in [0.2, 0.25) is 5.02 Å². The molecule has 0 saturated carbocycles. The zero-order chi connectivity index (χ0) is 16.2. The molecule has 0 N–H and O–H groups in total. The summed E-state index contributed by atoms with van der Waals surface area (Å²) in [7, 11) is 0. The fraction of sp³-hybridized carbons (Fsp3) is 0.222. The van der Waals surface area contributed by atoms with Gasteiger partial charge in [0.1, 0.15) is 11.3 Å². The zero-order valence-corrected chi connectivity index (χ0v) is 13.6. The highest BCUT2D eigenvalue weighted by Gasteiger charge is 2.23. The number of carbonyl (C=O) groups is 1.